The first-order valence-electron chi connectivity index (χ1n) is 9.64. The molecule has 1 N–H and O–H groups in total. The van der Waals surface area contributed by atoms with Gasteiger partial charge < -0.3 is 10.1 Å². The van der Waals surface area contributed by atoms with Gasteiger partial charge in [0, 0.05) is 5.56 Å². The van der Waals surface area contributed by atoms with Crippen LogP contribution in [0.15, 0.2) is 72.8 Å². The van der Waals surface area contributed by atoms with Crippen LogP contribution in [0, 0.1) is 5.82 Å². The average molecular weight is 443 g/mol. The number of benzene rings is 3. The molecule has 0 aromatic heterocycles. The van der Waals surface area contributed by atoms with Gasteiger partial charge in [0.15, 0.2) is 0 Å². The lowest BCUT2D eigenvalue weighted by molar-refractivity contribution is 0.102. The van der Waals surface area contributed by atoms with E-state index >= 15 is 0 Å². The molecule has 162 valence electrons. The number of sulfonamides is 1. The molecule has 0 bridgehead atoms. The zero-order chi connectivity index (χ0) is 22.4. The Balaban J connectivity index is 1.81. The molecule has 0 heterocycles. The van der Waals surface area contributed by atoms with Gasteiger partial charge in [0.1, 0.15) is 11.6 Å². The second-order valence-corrected chi connectivity index (χ2v) is 8.71. The highest BCUT2D eigenvalue weighted by atomic mass is 32.2. The number of ether oxygens (including phenoxy) is 1. The van der Waals surface area contributed by atoms with Crippen LogP contribution in [0.5, 0.6) is 5.75 Å². The Morgan fingerprint density at radius 2 is 1.65 bits per heavy atom. The van der Waals surface area contributed by atoms with Crippen molar-refractivity contribution in [2.24, 2.45) is 0 Å². The number of nitrogens with zero attached hydrogens (tertiary/aromatic N) is 1. The summed E-state index contributed by atoms with van der Waals surface area (Å²) in [4.78, 5) is 12.4. The van der Waals surface area contributed by atoms with Gasteiger partial charge in [-0.25, -0.2) is 12.8 Å². The molecule has 0 spiro atoms. The minimum Gasteiger partial charge on any atom is -0.492 e. The molecule has 0 aliphatic carbocycles. The van der Waals surface area contributed by atoms with E-state index in [1.807, 2.05) is 6.92 Å². The van der Waals surface area contributed by atoms with Crippen molar-refractivity contribution in [2.75, 3.05) is 22.5 Å². The lowest BCUT2D eigenvalue weighted by Gasteiger charge is -2.24. The van der Waals surface area contributed by atoms with E-state index in [4.69, 9.17) is 4.74 Å². The number of carbonyl (C=O) groups excluding carboxylic acids is 1. The van der Waals surface area contributed by atoms with E-state index in [-0.39, 0.29) is 12.2 Å². The summed E-state index contributed by atoms with van der Waals surface area (Å²) in [5.41, 5.74) is 1.53. The topological polar surface area (TPSA) is 75.7 Å². The first-order valence-corrected chi connectivity index (χ1v) is 11.5. The standard InChI is InChI=1S/C23H23FN2O4S/c1-3-30-22-11-7-6-10-21(22)26(31(2,28)29)16-17-12-14-18(15-13-17)23(27)25-20-9-5-4-8-19(20)24/h4-15H,3,16H2,1-2H3,(H,25,27). The van der Waals surface area contributed by atoms with Gasteiger partial charge in [0.05, 0.1) is 30.8 Å². The van der Waals surface area contributed by atoms with Crippen molar-refractivity contribution in [3.8, 4) is 5.75 Å². The Hall–Kier alpha value is -3.39. The summed E-state index contributed by atoms with van der Waals surface area (Å²) >= 11 is 0. The lowest BCUT2D eigenvalue weighted by Crippen LogP contribution is -2.29. The molecular weight excluding hydrogens is 419 g/mol. The van der Waals surface area contributed by atoms with Crippen LogP contribution < -0.4 is 14.4 Å². The molecule has 8 heteroatoms. The fourth-order valence-corrected chi connectivity index (χ4v) is 3.90. The molecule has 0 atom stereocenters. The molecule has 0 aliphatic rings. The van der Waals surface area contributed by atoms with Crippen LogP contribution in [0.1, 0.15) is 22.8 Å². The van der Waals surface area contributed by atoms with Gasteiger partial charge in [-0.3, -0.25) is 9.10 Å². The fourth-order valence-electron chi connectivity index (χ4n) is 3.01. The van der Waals surface area contributed by atoms with Gasteiger partial charge in [-0.15, -0.1) is 0 Å². The maximum Gasteiger partial charge on any atom is 0.255 e. The van der Waals surface area contributed by atoms with Gasteiger partial charge in [-0.2, -0.15) is 0 Å². The van der Waals surface area contributed by atoms with E-state index in [0.717, 1.165) is 6.26 Å². The molecule has 3 aromatic rings. The number of amides is 1. The van der Waals surface area contributed by atoms with E-state index in [9.17, 15) is 17.6 Å². The molecule has 0 saturated heterocycles. The first kappa shape index (κ1) is 22.3. The number of hydrogen-bond donors (Lipinski definition) is 1. The van der Waals surface area contributed by atoms with E-state index in [1.165, 1.54) is 22.5 Å². The summed E-state index contributed by atoms with van der Waals surface area (Å²) in [7, 11) is -3.60. The molecule has 31 heavy (non-hydrogen) atoms. The van der Waals surface area contributed by atoms with Gasteiger partial charge in [-0.1, -0.05) is 36.4 Å². The normalized spacial score (nSPS) is 11.1. The van der Waals surface area contributed by atoms with Gasteiger partial charge in [0.25, 0.3) is 5.91 Å². The SMILES string of the molecule is CCOc1ccccc1N(Cc1ccc(C(=O)Nc2ccccc2F)cc1)S(C)(=O)=O. The molecule has 6 nitrogen and oxygen atoms in total. The second kappa shape index (κ2) is 9.61. The molecule has 3 aromatic carbocycles. The molecule has 0 aliphatic heterocycles. The zero-order valence-corrected chi connectivity index (χ0v) is 18.0. The highest BCUT2D eigenvalue weighted by Gasteiger charge is 2.21. The smallest absolute Gasteiger partial charge is 0.255 e. The molecule has 3 rings (SSSR count). The van der Waals surface area contributed by atoms with E-state index in [0.29, 0.717) is 29.2 Å². The Morgan fingerprint density at radius 3 is 2.29 bits per heavy atom. The van der Waals surface area contributed by atoms with Crippen molar-refractivity contribution in [3.05, 3.63) is 89.7 Å². The molecule has 0 unspecified atom stereocenters. The largest absolute Gasteiger partial charge is 0.492 e. The van der Waals surface area contributed by atoms with Crippen LogP contribution >= 0.6 is 0 Å². The minimum atomic E-state index is -3.60. The van der Waals surface area contributed by atoms with Crippen LogP contribution in [0.2, 0.25) is 0 Å². The Labute approximate surface area is 181 Å². The number of halogens is 1. The van der Waals surface area contributed by atoms with Crippen molar-refractivity contribution in [1.82, 2.24) is 0 Å². The summed E-state index contributed by atoms with van der Waals surface area (Å²) in [6, 6.07) is 19.3. The lowest BCUT2D eigenvalue weighted by atomic mass is 10.1. The maximum atomic E-state index is 13.7. The third-order valence-corrected chi connectivity index (χ3v) is 5.62. The van der Waals surface area contributed by atoms with Crippen LogP contribution in [-0.2, 0) is 16.6 Å². The number of para-hydroxylation sites is 3. The Morgan fingerprint density at radius 1 is 1.00 bits per heavy atom. The first-order chi connectivity index (χ1) is 14.8. The van der Waals surface area contributed by atoms with Crippen LogP contribution in [0.25, 0.3) is 0 Å². The number of anilines is 2. The van der Waals surface area contributed by atoms with Crippen molar-refractivity contribution < 1.29 is 22.3 Å². The Kier molecular flexibility index (Phi) is 6.91. The minimum absolute atomic E-state index is 0.0676. The molecule has 0 saturated carbocycles. The van der Waals surface area contributed by atoms with Gasteiger partial charge >= 0.3 is 0 Å². The highest BCUT2D eigenvalue weighted by molar-refractivity contribution is 7.92. The second-order valence-electron chi connectivity index (χ2n) is 6.80. The molecule has 0 radical (unpaired) electrons. The molecule has 0 fully saturated rings. The summed E-state index contributed by atoms with van der Waals surface area (Å²) in [5, 5.41) is 2.52. The van der Waals surface area contributed by atoms with Crippen LogP contribution in [-0.4, -0.2) is 27.2 Å². The third kappa shape index (κ3) is 5.61. The summed E-state index contributed by atoms with van der Waals surface area (Å²) in [6.07, 6.45) is 1.13. The number of hydrogen-bond acceptors (Lipinski definition) is 4. The highest BCUT2D eigenvalue weighted by Crippen LogP contribution is 2.31. The zero-order valence-electron chi connectivity index (χ0n) is 17.2. The quantitative estimate of drug-likeness (QED) is 0.560. The summed E-state index contributed by atoms with van der Waals surface area (Å²) < 4.78 is 45.5. The predicted molar refractivity (Wildman–Crippen MR) is 119 cm³/mol. The van der Waals surface area contributed by atoms with Crippen LogP contribution in [0.4, 0.5) is 15.8 Å². The molecule has 1 amide bonds. The summed E-state index contributed by atoms with van der Waals surface area (Å²) in [5.74, 6) is -0.515. The monoisotopic (exact) mass is 442 g/mol. The molecular formula is C23H23FN2O4S. The average Bonchev–Trinajstić information content (AvgIpc) is 2.74. The number of nitrogens with one attached hydrogen (secondary N) is 1. The Bertz CT molecular complexity index is 1160. The van der Waals surface area contributed by atoms with E-state index in [1.54, 1.807) is 54.6 Å². The van der Waals surface area contributed by atoms with E-state index in [2.05, 4.69) is 5.32 Å². The van der Waals surface area contributed by atoms with Crippen molar-refractivity contribution >= 4 is 27.3 Å². The van der Waals surface area contributed by atoms with Crippen molar-refractivity contribution in [2.45, 2.75) is 13.5 Å². The van der Waals surface area contributed by atoms with Crippen molar-refractivity contribution in [3.63, 3.8) is 0 Å². The third-order valence-electron chi connectivity index (χ3n) is 4.50. The fraction of sp³-hybridized carbons (Fsp3) is 0.174. The van der Waals surface area contributed by atoms with Gasteiger partial charge in [-0.05, 0) is 48.9 Å². The van der Waals surface area contributed by atoms with E-state index < -0.39 is 21.7 Å². The van der Waals surface area contributed by atoms with Gasteiger partial charge in [0.2, 0.25) is 10.0 Å². The summed E-state index contributed by atoms with van der Waals surface area (Å²) in [6.45, 7) is 2.30. The van der Waals surface area contributed by atoms with Crippen LogP contribution in [0.3, 0.4) is 0 Å². The maximum absolute atomic E-state index is 13.7. The predicted octanol–water partition coefficient (Wildman–Crippen LogP) is 4.44. The van der Waals surface area contributed by atoms with Crippen molar-refractivity contribution in [1.29, 1.82) is 0 Å². The number of carbonyl (C=O) groups is 1. The number of rotatable bonds is 8.